The standard InChI is InChI=1S/C30H41N3O7/c1-28-10-7-20(34)13-18(28)3-4-21-22-8-11-30(39,29(22,2)14-23(35)27(21)28)24(36)16-40-26(38)6-5-25(37)32-12-9-19-15-31-17-33-19/h13,15,17,21-23,27,35,39H,3-12,14,16H2,1-2H3,(H,31,33)(H,32,37). The van der Waals surface area contributed by atoms with Crippen LogP contribution in [0.3, 0.4) is 0 Å². The van der Waals surface area contributed by atoms with Gasteiger partial charge in [-0.1, -0.05) is 19.4 Å². The van der Waals surface area contributed by atoms with Gasteiger partial charge in [-0.15, -0.1) is 0 Å². The van der Waals surface area contributed by atoms with Crippen LogP contribution < -0.4 is 5.32 Å². The summed E-state index contributed by atoms with van der Waals surface area (Å²) in [5.74, 6) is -1.18. The fraction of sp³-hybridized carbons (Fsp3) is 0.700. The number of Topliss-reactive ketones (excluding diaryl/α,β-unsaturated/α-hetero) is 1. The summed E-state index contributed by atoms with van der Waals surface area (Å²) >= 11 is 0. The monoisotopic (exact) mass is 555 g/mol. The number of esters is 1. The highest BCUT2D eigenvalue weighted by Crippen LogP contribution is 2.67. The molecule has 0 radical (unpaired) electrons. The molecule has 10 heteroatoms. The molecule has 7 unspecified atom stereocenters. The molecule has 0 aliphatic heterocycles. The van der Waals surface area contributed by atoms with Crippen LogP contribution >= 0.6 is 0 Å². The molecule has 10 nitrogen and oxygen atoms in total. The van der Waals surface area contributed by atoms with Gasteiger partial charge in [-0.2, -0.15) is 0 Å². The fourth-order valence-electron chi connectivity index (χ4n) is 8.55. The second-order valence-corrected chi connectivity index (χ2v) is 12.7. The molecule has 1 aromatic heterocycles. The lowest BCUT2D eigenvalue weighted by atomic mass is 9.45. The van der Waals surface area contributed by atoms with E-state index in [1.807, 2.05) is 6.92 Å². The highest BCUT2D eigenvalue weighted by atomic mass is 16.5. The molecule has 3 fully saturated rings. The molecular weight excluding hydrogens is 514 g/mol. The third-order valence-electron chi connectivity index (χ3n) is 10.7. The average molecular weight is 556 g/mol. The number of hydrogen-bond acceptors (Lipinski definition) is 8. The topological polar surface area (TPSA) is 159 Å². The molecule has 1 heterocycles. The Morgan fingerprint density at radius 2 is 1.98 bits per heavy atom. The second-order valence-electron chi connectivity index (χ2n) is 12.7. The Balaban J connectivity index is 1.16. The summed E-state index contributed by atoms with van der Waals surface area (Å²) in [6, 6.07) is 0. The highest BCUT2D eigenvalue weighted by molar-refractivity contribution is 5.92. The van der Waals surface area contributed by atoms with Gasteiger partial charge in [-0.05, 0) is 67.8 Å². The molecule has 0 saturated heterocycles. The van der Waals surface area contributed by atoms with Crippen molar-refractivity contribution < 1.29 is 34.1 Å². The van der Waals surface area contributed by atoms with Gasteiger partial charge in [0.2, 0.25) is 11.7 Å². The van der Waals surface area contributed by atoms with Crippen LogP contribution in [-0.4, -0.2) is 68.5 Å². The van der Waals surface area contributed by atoms with Crippen molar-refractivity contribution in [3.8, 4) is 0 Å². The lowest BCUT2D eigenvalue weighted by Crippen LogP contribution is -2.62. The van der Waals surface area contributed by atoms with Crippen molar-refractivity contribution >= 4 is 23.4 Å². The maximum absolute atomic E-state index is 13.4. The molecule has 7 atom stereocenters. The molecule has 218 valence electrons. The number of nitrogens with one attached hydrogen (secondary N) is 2. The molecule has 4 N–H and O–H groups in total. The number of aliphatic hydroxyl groups excluding tert-OH is 1. The first-order valence-corrected chi connectivity index (χ1v) is 14.5. The Labute approximate surface area is 234 Å². The molecule has 3 saturated carbocycles. The number of rotatable bonds is 9. The van der Waals surface area contributed by atoms with Gasteiger partial charge in [0.1, 0.15) is 5.60 Å². The number of hydrogen-bond donors (Lipinski definition) is 4. The van der Waals surface area contributed by atoms with Crippen LogP contribution in [0.1, 0.15) is 77.3 Å². The number of carbonyl (C=O) groups excluding carboxylic acids is 4. The first kappa shape index (κ1) is 28.7. The number of H-pyrrole nitrogens is 1. The van der Waals surface area contributed by atoms with Crippen molar-refractivity contribution in [3.63, 3.8) is 0 Å². The van der Waals surface area contributed by atoms with Gasteiger partial charge < -0.3 is 25.3 Å². The van der Waals surface area contributed by atoms with Crippen molar-refractivity contribution in [3.05, 3.63) is 29.9 Å². The number of aromatic nitrogens is 2. The van der Waals surface area contributed by atoms with Gasteiger partial charge >= 0.3 is 5.97 Å². The Morgan fingerprint density at radius 3 is 2.73 bits per heavy atom. The SMILES string of the molecule is CC12CCC(=O)C=C1CCC1C2C(O)CC2(C)C1CCC2(O)C(=O)COC(=O)CCC(=O)NCCc1cnc[nH]1. The molecular formula is C30H41N3O7. The lowest BCUT2D eigenvalue weighted by Gasteiger charge is -2.60. The Morgan fingerprint density at radius 1 is 1.18 bits per heavy atom. The smallest absolute Gasteiger partial charge is 0.306 e. The Bertz CT molecular complexity index is 1200. The third kappa shape index (κ3) is 4.93. The van der Waals surface area contributed by atoms with Crippen molar-refractivity contribution in [1.82, 2.24) is 15.3 Å². The number of ketones is 2. The van der Waals surface area contributed by atoms with Gasteiger partial charge in [0.05, 0.1) is 18.9 Å². The number of aromatic amines is 1. The van der Waals surface area contributed by atoms with Gasteiger partial charge in [0.15, 0.2) is 12.4 Å². The second kappa shape index (κ2) is 10.9. The van der Waals surface area contributed by atoms with Gasteiger partial charge in [-0.3, -0.25) is 19.2 Å². The van der Waals surface area contributed by atoms with E-state index in [4.69, 9.17) is 4.74 Å². The fourth-order valence-corrected chi connectivity index (χ4v) is 8.55. The minimum atomic E-state index is -1.70. The number of nitrogens with zero attached hydrogens (tertiary/aromatic N) is 1. The summed E-state index contributed by atoms with van der Waals surface area (Å²) in [5.41, 5.74) is -0.759. The number of allylic oxidation sites excluding steroid dienone is 1. The predicted octanol–water partition coefficient (Wildman–Crippen LogP) is 2.19. The van der Waals surface area contributed by atoms with Gasteiger partial charge in [-0.25, -0.2) is 4.98 Å². The first-order valence-electron chi connectivity index (χ1n) is 14.5. The van der Waals surface area contributed by atoms with Crippen LogP contribution in [0.4, 0.5) is 0 Å². The number of imidazole rings is 1. The largest absolute Gasteiger partial charge is 0.458 e. The molecule has 0 bridgehead atoms. The zero-order valence-electron chi connectivity index (χ0n) is 23.4. The van der Waals surface area contributed by atoms with Crippen LogP contribution in [0.2, 0.25) is 0 Å². The van der Waals surface area contributed by atoms with Gasteiger partial charge in [0, 0.05) is 43.1 Å². The quantitative estimate of drug-likeness (QED) is 0.338. The molecule has 4 aliphatic carbocycles. The number of fused-ring (bicyclic) bond motifs is 5. The summed E-state index contributed by atoms with van der Waals surface area (Å²) in [6.45, 7) is 3.91. The van der Waals surface area contributed by atoms with Crippen LogP contribution in [0, 0.1) is 28.6 Å². The normalized spacial score (nSPS) is 36.6. The summed E-state index contributed by atoms with van der Waals surface area (Å²) in [6.07, 6.45) is 8.71. The number of amides is 1. The molecule has 40 heavy (non-hydrogen) atoms. The molecule has 1 aromatic rings. The Kier molecular flexibility index (Phi) is 7.78. The summed E-state index contributed by atoms with van der Waals surface area (Å²) in [4.78, 5) is 56.7. The van der Waals surface area contributed by atoms with E-state index in [1.54, 1.807) is 18.6 Å². The Hall–Kier alpha value is -2.85. The van der Waals surface area contributed by atoms with E-state index in [9.17, 15) is 29.4 Å². The molecule has 0 spiro atoms. The maximum Gasteiger partial charge on any atom is 0.306 e. The lowest BCUT2D eigenvalue weighted by molar-refractivity contribution is -0.184. The average Bonchev–Trinajstić information content (AvgIpc) is 3.52. The van der Waals surface area contributed by atoms with Crippen LogP contribution in [0.25, 0.3) is 0 Å². The van der Waals surface area contributed by atoms with E-state index < -0.39 is 35.5 Å². The summed E-state index contributed by atoms with van der Waals surface area (Å²) in [5, 5.41) is 26.0. The zero-order valence-corrected chi connectivity index (χ0v) is 23.4. The van der Waals surface area contributed by atoms with Crippen molar-refractivity contribution in [1.29, 1.82) is 0 Å². The minimum absolute atomic E-state index is 0.0143. The zero-order chi connectivity index (χ0) is 28.7. The maximum atomic E-state index is 13.4. The first-order chi connectivity index (χ1) is 19.0. The van der Waals surface area contributed by atoms with Crippen LogP contribution in [-0.2, 0) is 30.3 Å². The number of aliphatic hydroxyl groups is 2. The van der Waals surface area contributed by atoms with E-state index in [1.165, 1.54) is 0 Å². The van der Waals surface area contributed by atoms with Crippen molar-refractivity contribution in [2.24, 2.45) is 28.6 Å². The minimum Gasteiger partial charge on any atom is -0.458 e. The summed E-state index contributed by atoms with van der Waals surface area (Å²) in [7, 11) is 0. The summed E-state index contributed by atoms with van der Waals surface area (Å²) < 4.78 is 5.21. The molecule has 4 aliphatic rings. The molecule has 0 aromatic carbocycles. The van der Waals surface area contributed by atoms with E-state index in [2.05, 4.69) is 22.2 Å². The molecule has 5 rings (SSSR count). The van der Waals surface area contributed by atoms with Gasteiger partial charge in [0.25, 0.3) is 0 Å². The highest BCUT2D eigenvalue weighted by Gasteiger charge is 2.68. The third-order valence-corrected chi connectivity index (χ3v) is 10.7. The van der Waals surface area contributed by atoms with E-state index in [-0.39, 0.29) is 60.5 Å². The van der Waals surface area contributed by atoms with E-state index >= 15 is 0 Å². The van der Waals surface area contributed by atoms with Crippen LogP contribution in [0.15, 0.2) is 24.2 Å². The number of ether oxygens (including phenoxy) is 1. The van der Waals surface area contributed by atoms with E-state index in [0.717, 1.165) is 30.5 Å². The predicted molar refractivity (Wildman–Crippen MR) is 144 cm³/mol. The van der Waals surface area contributed by atoms with E-state index in [0.29, 0.717) is 25.8 Å². The van der Waals surface area contributed by atoms with Crippen molar-refractivity contribution in [2.75, 3.05) is 13.2 Å². The van der Waals surface area contributed by atoms with Crippen LogP contribution in [0.5, 0.6) is 0 Å². The van der Waals surface area contributed by atoms with Crippen molar-refractivity contribution in [2.45, 2.75) is 89.8 Å². The molecule has 1 amide bonds. The number of carbonyl (C=O) groups is 4.